The maximum absolute atomic E-state index is 10.7. The molecular formula is C9H8BrN3O2. The van der Waals surface area contributed by atoms with Crippen molar-refractivity contribution in [1.29, 1.82) is 0 Å². The van der Waals surface area contributed by atoms with E-state index in [0.29, 0.717) is 11.9 Å². The van der Waals surface area contributed by atoms with Crippen molar-refractivity contribution >= 4 is 32.5 Å². The highest BCUT2D eigenvalue weighted by Crippen LogP contribution is 2.24. The van der Waals surface area contributed by atoms with Gasteiger partial charge >= 0.3 is 0 Å². The predicted molar refractivity (Wildman–Crippen MR) is 60.2 cm³/mol. The zero-order valence-electron chi connectivity index (χ0n) is 7.76. The molecule has 1 aromatic heterocycles. The van der Waals surface area contributed by atoms with Gasteiger partial charge in [0.25, 0.3) is 5.69 Å². The fraction of sp³-hybridized carbons (Fsp3) is 0.222. The number of nitro groups is 1. The normalized spacial score (nSPS) is 10.7. The fourth-order valence-electron chi connectivity index (χ4n) is 1.51. The first kappa shape index (κ1) is 10.1. The standard InChI is InChI=1S/C9H8BrN3O2/c10-4-5-12-8-2-1-3-9(13(14)15)7(8)6-11-12/h1-3,6H,4-5H2. The second-order valence-electron chi connectivity index (χ2n) is 3.02. The Labute approximate surface area is 94.0 Å². The maximum Gasteiger partial charge on any atom is 0.280 e. The van der Waals surface area contributed by atoms with Gasteiger partial charge in [0.15, 0.2) is 0 Å². The summed E-state index contributed by atoms with van der Waals surface area (Å²) in [5.74, 6) is 0. The number of aryl methyl sites for hydroxylation is 1. The summed E-state index contributed by atoms with van der Waals surface area (Å²) >= 11 is 3.31. The molecule has 0 N–H and O–H groups in total. The number of nitrogens with zero attached hydrogens (tertiary/aromatic N) is 3. The van der Waals surface area contributed by atoms with Gasteiger partial charge in [-0.3, -0.25) is 14.8 Å². The van der Waals surface area contributed by atoms with E-state index in [-0.39, 0.29) is 10.6 Å². The van der Waals surface area contributed by atoms with Crippen molar-refractivity contribution in [1.82, 2.24) is 9.78 Å². The Morgan fingerprint density at radius 2 is 2.33 bits per heavy atom. The Bertz CT molecular complexity index is 509. The second-order valence-corrected chi connectivity index (χ2v) is 3.82. The van der Waals surface area contributed by atoms with Crippen molar-refractivity contribution in [3.05, 3.63) is 34.5 Å². The molecule has 78 valence electrons. The highest BCUT2D eigenvalue weighted by molar-refractivity contribution is 9.09. The zero-order valence-corrected chi connectivity index (χ0v) is 9.35. The van der Waals surface area contributed by atoms with Gasteiger partial charge in [0, 0.05) is 11.4 Å². The van der Waals surface area contributed by atoms with Crippen LogP contribution in [0.25, 0.3) is 10.9 Å². The first-order valence-electron chi connectivity index (χ1n) is 4.39. The van der Waals surface area contributed by atoms with Gasteiger partial charge in [0.05, 0.1) is 28.6 Å². The number of benzene rings is 1. The van der Waals surface area contributed by atoms with Crippen molar-refractivity contribution < 1.29 is 4.92 Å². The van der Waals surface area contributed by atoms with Crippen LogP contribution in [0, 0.1) is 10.1 Å². The van der Waals surface area contributed by atoms with Gasteiger partial charge < -0.3 is 0 Å². The summed E-state index contributed by atoms with van der Waals surface area (Å²) < 4.78 is 1.75. The fourth-order valence-corrected chi connectivity index (χ4v) is 1.84. The van der Waals surface area contributed by atoms with Crippen LogP contribution in [0.15, 0.2) is 24.4 Å². The van der Waals surface area contributed by atoms with Crippen molar-refractivity contribution in [3.8, 4) is 0 Å². The molecule has 0 amide bonds. The molecule has 15 heavy (non-hydrogen) atoms. The van der Waals surface area contributed by atoms with Crippen LogP contribution in [0.4, 0.5) is 5.69 Å². The molecular weight excluding hydrogens is 262 g/mol. The molecule has 0 spiro atoms. The van der Waals surface area contributed by atoms with Crippen molar-refractivity contribution in [3.63, 3.8) is 0 Å². The van der Waals surface area contributed by atoms with E-state index in [1.807, 2.05) is 6.07 Å². The molecule has 0 saturated carbocycles. The SMILES string of the molecule is O=[N+]([O-])c1cccc2c1cnn2CCBr. The predicted octanol–water partition coefficient (Wildman–Crippen LogP) is 2.34. The first-order chi connectivity index (χ1) is 7.24. The highest BCUT2D eigenvalue weighted by atomic mass is 79.9. The molecule has 0 aliphatic rings. The molecule has 1 heterocycles. The molecule has 6 heteroatoms. The Morgan fingerprint density at radius 1 is 1.53 bits per heavy atom. The molecule has 1 aromatic carbocycles. The molecule has 0 atom stereocenters. The number of fused-ring (bicyclic) bond motifs is 1. The van der Waals surface area contributed by atoms with Crippen LogP contribution in [0.1, 0.15) is 0 Å². The number of rotatable bonds is 3. The summed E-state index contributed by atoms with van der Waals surface area (Å²) in [6, 6.07) is 4.99. The first-order valence-corrected chi connectivity index (χ1v) is 5.51. The number of hydrogen-bond donors (Lipinski definition) is 0. The molecule has 0 radical (unpaired) electrons. The van der Waals surface area contributed by atoms with Gasteiger partial charge in [0.2, 0.25) is 0 Å². The van der Waals surface area contributed by atoms with Crippen LogP contribution < -0.4 is 0 Å². The third kappa shape index (κ3) is 1.72. The van der Waals surface area contributed by atoms with Gasteiger partial charge in [-0.15, -0.1) is 0 Å². The Morgan fingerprint density at radius 3 is 3.00 bits per heavy atom. The summed E-state index contributed by atoms with van der Waals surface area (Å²) in [7, 11) is 0. The van der Waals surface area contributed by atoms with E-state index in [9.17, 15) is 10.1 Å². The number of non-ortho nitro benzene ring substituents is 1. The van der Waals surface area contributed by atoms with Gasteiger partial charge in [-0.2, -0.15) is 5.10 Å². The average molecular weight is 270 g/mol. The molecule has 0 fully saturated rings. The van der Waals surface area contributed by atoms with E-state index in [4.69, 9.17) is 0 Å². The van der Waals surface area contributed by atoms with Crippen LogP contribution >= 0.6 is 15.9 Å². The molecule has 0 bridgehead atoms. The topological polar surface area (TPSA) is 61.0 Å². The summed E-state index contributed by atoms with van der Waals surface area (Å²) in [5, 5.41) is 16.2. The van der Waals surface area contributed by atoms with Crippen LogP contribution in [-0.4, -0.2) is 20.0 Å². The molecule has 0 saturated heterocycles. The second kappa shape index (κ2) is 3.98. The van der Waals surface area contributed by atoms with Crippen molar-refractivity contribution in [2.75, 3.05) is 5.33 Å². The third-order valence-electron chi connectivity index (χ3n) is 2.16. The minimum atomic E-state index is -0.386. The van der Waals surface area contributed by atoms with Crippen LogP contribution in [0.5, 0.6) is 0 Å². The zero-order chi connectivity index (χ0) is 10.8. The highest BCUT2D eigenvalue weighted by Gasteiger charge is 2.14. The number of aromatic nitrogens is 2. The van der Waals surface area contributed by atoms with E-state index in [2.05, 4.69) is 21.0 Å². The molecule has 2 rings (SSSR count). The van der Waals surface area contributed by atoms with E-state index < -0.39 is 0 Å². The Balaban J connectivity index is 2.63. The molecule has 5 nitrogen and oxygen atoms in total. The Hall–Kier alpha value is -1.43. The smallest absolute Gasteiger partial charge is 0.264 e. The van der Waals surface area contributed by atoms with E-state index in [1.165, 1.54) is 12.3 Å². The van der Waals surface area contributed by atoms with Crippen LogP contribution in [0.2, 0.25) is 0 Å². The van der Waals surface area contributed by atoms with Gasteiger partial charge in [-0.1, -0.05) is 22.0 Å². The molecule has 0 unspecified atom stereocenters. The summed E-state index contributed by atoms with van der Waals surface area (Å²) in [5.41, 5.74) is 0.900. The number of nitro benzene ring substituents is 1. The third-order valence-corrected chi connectivity index (χ3v) is 2.51. The van der Waals surface area contributed by atoms with Crippen LogP contribution in [-0.2, 0) is 6.54 Å². The van der Waals surface area contributed by atoms with E-state index in [1.54, 1.807) is 10.7 Å². The molecule has 0 aliphatic carbocycles. The lowest BCUT2D eigenvalue weighted by molar-refractivity contribution is -0.383. The lowest BCUT2D eigenvalue weighted by Crippen LogP contribution is -2.00. The lowest BCUT2D eigenvalue weighted by Gasteiger charge is -1.99. The van der Waals surface area contributed by atoms with Gasteiger partial charge in [-0.05, 0) is 6.07 Å². The van der Waals surface area contributed by atoms with Crippen LogP contribution in [0.3, 0.4) is 0 Å². The Kier molecular flexibility index (Phi) is 2.68. The molecule has 0 aliphatic heterocycles. The number of halogens is 1. The monoisotopic (exact) mass is 269 g/mol. The number of hydrogen-bond acceptors (Lipinski definition) is 3. The summed E-state index contributed by atoms with van der Waals surface area (Å²) in [6.07, 6.45) is 1.54. The minimum Gasteiger partial charge on any atom is -0.264 e. The molecule has 2 aromatic rings. The lowest BCUT2D eigenvalue weighted by atomic mass is 10.2. The van der Waals surface area contributed by atoms with E-state index >= 15 is 0 Å². The largest absolute Gasteiger partial charge is 0.280 e. The summed E-state index contributed by atoms with van der Waals surface area (Å²) in [4.78, 5) is 10.4. The van der Waals surface area contributed by atoms with Crippen molar-refractivity contribution in [2.24, 2.45) is 0 Å². The quantitative estimate of drug-likeness (QED) is 0.488. The minimum absolute atomic E-state index is 0.105. The van der Waals surface area contributed by atoms with E-state index in [0.717, 1.165) is 10.8 Å². The number of alkyl halides is 1. The summed E-state index contributed by atoms with van der Waals surface area (Å²) in [6.45, 7) is 0.699. The van der Waals surface area contributed by atoms with Gasteiger partial charge in [-0.25, -0.2) is 0 Å². The van der Waals surface area contributed by atoms with Crippen molar-refractivity contribution in [2.45, 2.75) is 6.54 Å². The maximum atomic E-state index is 10.7. The average Bonchev–Trinajstić information content (AvgIpc) is 2.62. The van der Waals surface area contributed by atoms with Gasteiger partial charge in [0.1, 0.15) is 0 Å².